The summed E-state index contributed by atoms with van der Waals surface area (Å²) < 4.78 is 50.5. The summed E-state index contributed by atoms with van der Waals surface area (Å²) in [6.07, 6.45) is -0.474. The van der Waals surface area contributed by atoms with E-state index in [-0.39, 0.29) is 31.1 Å². The Morgan fingerprint density at radius 3 is 2.53 bits per heavy atom. The standard InChI is InChI=1S/C18H14F3N5O4/c19-18(20,21)13-3-1-11(2-4-13)12-5-22-15(23-6-12)10-29-14-7-25-8-16(26(27)28)24-17(25)30-9-14/h1-6,8,14H,7,9-10H2/t14-/m0/s1. The second-order valence-electron chi connectivity index (χ2n) is 6.50. The number of benzene rings is 1. The lowest BCUT2D eigenvalue weighted by Crippen LogP contribution is -2.32. The highest BCUT2D eigenvalue weighted by molar-refractivity contribution is 5.61. The van der Waals surface area contributed by atoms with Crippen LogP contribution in [0.25, 0.3) is 11.1 Å². The quantitative estimate of drug-likeness (QED) is 0.460. The Hall–Kier alpha value is -3.54. The van der Waals surface area contributed by atoms with Crippen molar-refractivity contribution in [3.05, 3.63) is 64.4 Å². The molecule has 3 aromatic rings. The van der Waals surface area contributed by atoms with E-state index in [2.05, 4.69) is 15.0 Å². The normalized spacial score (nSPS) is 16.0. The number of halogens is 3. The van der Waals surface area contributed by atoms with Gasteiger partial charge >= 0.3 is 18.0 Å². The van der Waals surface area contributed by atoms with Gasteiger partial charge in [-0.1, -0.05) is 12.1 Å². The van der Waals surface area contributed by atoms with Crippen molar-refractivity contribution in [3.63, 3.8) is 0 Å². The average Bonchev–Trinajstić information content (AvgIpc) is 3.16. The van der Waals surface area contributed by atoms with Crippen molar-refractivity contribution >= 4 is 5.82 Å². The zero-order valence-electron chi connectivity index (χ0n) is 15.2. The average molecular weight is 421 g/mol. The minimum Gasteiger partial charge on any atom is -0.443 e. The largest absolute Gasteiger partial charge is 0.443 e. The van der Waals surface area contributed by atoms with Gasteiger partial charge in [0.2, 0.25) is 0 Å². The topological polar surface area (TPSA) is 105 Å². The first kappa shape index (κ1) is 19.8. The highest BCUT2D eigenvalue weighted by atomic mass is 19.4. The number of hydrogen-bond acceptors (Lipinski definition) is 7. The van der Waals surface area contributed by atoms with Crippen LogP contribution in [0.4, 0.5) is 19.0 Å². The van der Waals surface area contributed by atoms with Gasteiger partial charge in [0.15, 0.2) is 5.82 Å². The maximum absolute atomic E-state index is 12.6. The van der Waals surface area contributed by atoms with Crippen molar-refractivity contribution < 1.29 is 27.6 Å². The molecule has 1 aliphatic rings. The monoisotopic (exact) mass is 421 g/mol. The molecule has 0 aliphatic carbocycles. The van der Waals surface area contributed by atoms with E-state index in [4.69, 9.17) is 9.47 Å². The van der Waals surface area contributed by atoms with Crippen LogP contribution < -0.4 is 4.74 Å². The van der Waals surface area contributed by atoms with E-state index in [1.54, 1.807) is 0 Å². The number of hydrogen-bond donors (Lipinski definition) is 0. The molecule has 0 unspecified atom stereocenters. The summed E-state index contributed by atoms with van der Waals surface area (Å²) in [5, 5.41) is 10.8. The Labute approximate surface area is 167 Å². The molecule has 0 N–H and O–H groups in total. The third-order valence-corrected chi connectivity index (χ3v) is 4.41. The summed E-state index contributed by atoms with van der Waals surface area (Å²) in [6.45, 7) is 0.588. The Bertz CT molecular complexity index is 1050. The molecule has 0 radical (unpaired) electrons. The molecule has 12 heteroatoms. The molecular formula is C18H14F3N5O4. The third-order valence-electron chi connectivity index (χ3n) is 4.41. The van der Waals surface area contributed by atoms with Gasteiger partial charge in [-0.3, -0.25) is 4.57 Å². The molecule has 1 aliphatic heterocycles. The summed E-state index contributed by atoms with van der Waals surface area (Å²) >= 11 is 0. The first-order valence-electron chi connectivity index (χ1n) is 8.74. The number of rotatable bonds is 5. The molecule has 0 spiro atoms. The molecule has 2 aromatic heterocycles. The van der Waals surface area contributed by atoms with E-state index >= 15 is 0 Å². The van der Waals surface area contributed by atoms with Crippen LogP contribution in [0.1, 0.15) is 11.4 Å². The smallest absolute Gasteiger partial charge is 0.416 e. The van der Waals surface area contributed by atoms with Crippen molar-refractivity contribution in [2.45, 2.75) is 25.4 Å². The predicted molar refractivity (Wildman–Crippen MR) is 95.4 cm³/mol. The second-order valence-corrected chi connectivity index (χ2v) is 6.50. The summed E-state index contributed by atoms with van der Waals surface area (Å²) in [5.41, 5.74) is 0.410. The zero-order valence-corrected chi connectivity index (χ0v) is 15.2. The maximum Gasteiger partial charge on any atom is 0.416 e. The number of ether oxygens (including phenoxy) is 2. The van der Waals surface area contributed by atoms with Crippen molar-refractivity contribution in [1.29, 1.82) is 0 Å². The predicted octanol–water partition coefficient (Wildman–Crippen LogP) is 3.24. The van der Waals surface area contributed by atoms with E-state index in [1.165, 1.54) is 35.3 Å². The molecule has 9 nitrogen and oxygen atoms in total. The molecular weight excluding hydrogens is 407 g/mol. The van der Waals surface area contributed by atoms with Crippen LogP contribution in [0.15, 0.2) is 42.9 Å². The van der Waals surface area contributed by atoms with Gasteiger partial charge in [-0.2, -0.15) is 13.2 Å². The molecule has 4 rings (SSSR count). The number of imidazole rings is 1. The number of nitrogens with zero attached hydrogens (tertiary/aromatic N) is 5. The maximum atomic E-state index is 12.6. The Balaban J connectivity index is 1.35. The summed E-state index contributed by atoms with van der Waals surface area (Å²) in [7, 11) is 0. The van der Waals surface area contributed by atoms with E-state index in [0.717, 1.165) is 12.1 Å². The van der Waals surface area contributed by atoms with Gasteiger partial charge < -0.3 is 19.6 Å². The number of alkyl halides is 3. The van der Waals surface area contributed by atoms with Gasteiger partial charge in [-0.15, -0.1) is 0 Å². The fourth-order valence-electron chi connectivity index (χ4n) is 2.88. The van der Waals surface area contributed by atoms with Gasteiger partial charge in [-0.05, 0) is 22.6 Å². The molecule has 156 valence electrons. The third kappa shape index (κ3) is 4.22. The van der Waals surface area contributed by atoms with Crippen LogP contribution >= 0.6 is 0 Å². The van der Waals surface area contributed by atoms with Crippen LogP contribution in [0, 0.1) is 10.1 Å². The van der Waals surface area contributed by atoms with Crippen LogP contribution in [-0.2, 0) is 24.1 Å². The highest BCUT2D eigenvalue weighted by Gasteiger charge is 2.30. The lowest BCUT2D eigenvalue weighted by atomic mass is 10.1. The van der Waals surface area contributed by atoms with Gasteiger partial charge in [0.05, 0.1) is 12.1 Å². The van der Waals surface area contributed by atoms with Gasteiger partial charge in [-0.25, -0.2) is 9.97 Å². The molecule has 0 saturated heterocycles. The molecule has 30 heavy (non-hydrogen) atoms. The Morgan fingerprint density at radius 2 is 1.90 bits per heavy atom. The Morgan fingerprint density at radius 1 is 1.20 bits per heavy atom. The molecule has 1 aromatic carbocycles. The SMILES string of the molecule is O=[N+]([O-])c1cn2c(n1)OC[C@@H](OCc1ncc(-c3ccc(C(F)(F)F)cc3)cn1)C2. The molecule has 0 saturated carbocycles. The van der Waals surface area contributed by atoms with Gasteiger partial charge in [0.1, 0.15) is 25.5 Å². The van der Waals surface area contributed by atoms with Gasteiger partial charge in [0.25, 0.3) is 0 Å². The molecule has 1 atom stereocenters. The first-order chi connectivity index (χ1) is 14.3. The van der Waals surface area contributed by atoms with E-state index in [0.29, 0.717) is 23.5 Å². The minimum atomic E-state index is -4.39. The lowest BCUT2D eigenvalue weighted by molar-refractivity contribution is -0.389. The molecule has 0 fully saturated rings. The van der Waals surface area contributed by atoms with Crippen LogP contribution in [0.2, 0.25) is 0 Å². The van der Waals surface area contributed by atoms with Crippen molar-refractivity contribution in [3.8, 4) is 17.1 Å². The molecule has 0 amide bonds. The van der Waals surface area contributed by atoms with Crippen molar-refractivity contribution in [1.82, 2.24) is 19.5 Å². The van der Waals surface area contributed by atoms with E-state index < -0.39 is 16.7 Å². The number of fused-ring (bicyclic) bond motifs is 1. The zero-order chi connectivity index (χ0) is 21.3. The summed E-state index contributed by atoms with van der Waals surface area (Å²) in [6, 6.07) is 4.89. The fourth-order valence-corrected chi connectivity index (χ4v) is 2.88. The lowest BCUT2D eigenvalue weighted by Gasteiger charge is -2.21. The van der Waals surface area contributed by atoms with Crippen LogP contribution in [0.3, 0.4) is 0 Å². The fraction of sp³-hybridized carbons (Fsp3) is 0.278. The van der Waals surface area contributed by atoms with Crippen LogP contribution in [-0.4, -0.2) is 37.2 Å². The van der Waals surface area contributed by atoms with Crippen LogP contribution in [0.5, 0.6) is 6.01 Å². The van der Waals surface area contributed by atoms with Gasteiger partial charge in [0, 0.05) is 22.9 Å². The summed E-state index contributed by atoms with van der Waals surface area (Å²) in [5.74, 6) is 0.0842. The number of aromatic nitrogens is 4. The van der Waals surface area contributed by atoms with Crippen molar-refractivity contribution in [2.75, 3.05) is 6.61 Å². The molecule has 0 bridgehead atoms. The van der Waals surface area contributed by atoms with E-state index in [1.807, 2.05) is 0 Å². The number of nitro groups is 1. The first-order valence-corrected chi connectivity index (χ1v) is 8.74. The Kier molecular flexibility index (Phi) is 5.08. The minimum absolute atomic E-state index is 0.0768. The molecule has 3 heterocycles. The van der Waals surface area contributed by atoms with E-state index in [9.17, 15) is 23.3 Å². The van der Waals surface area contributed by atoms with Crippen molar-refractivity contribution in [2.24, 2.45) is 0 Å². The second kappa shape index (κ2) is 7.71. The highest BCUT2D eigenvalue weighted by Crippen LogP contribution is 2.30. The summed E-state index contributed by atoms with van der Waals surface area (Å²) in [4.78, 5) is 22.3.